The Balaban J connectivity index is 2.10. The van der Waals surface area contributed by atoms with E-state index < -0.39 is 0 Å². The van der Waals surface area contributed by atoms with Crippen molar-refractivity contribution in [3.8, 4) is 0 Å². The summed E-state index contributed by atoms with van der Waals surface area (Å²) in [6.45, 7) is 4.52. The van der Waals surface area contributed by atoms with Gasteiger partial charge in [0.2, 0.25) is 0 Å². The molecule has 0 aromatic carbocycles. The topological polar surface area (TPSA) is 25.8 Å². The molecular weight excluding hydrogens is 264 g/mol. The van der Waals surface area contributed by atoms with Gasteiger partial charge in [0, 0.05) is 10.8 Å². The highest BCUT2D eigenvalue weighted by Gasteiger charge is 2.22. The molecule has 0 N–H and O–H groups in total. The maximum Gasteiger partial charge on any atom is 0.136 e. The van der Waals surface area contributed by atoms with E-state index >= 15 is 0 Å². The van der Waals surface area contributed by atoms with Crippen molar-refractivity contribution >= 4 is 23.4 Å². The maximum absolute atomic E-state index is 6.19. The van der Waals surface area contributed by atoms with Crippen LogP contribution >= 0.6 is 23.4 Å². The van der Waals surface area contributed by atoms with Gasteiger partial charge in [0.05, 0.1) is 0 Å². The molecule has 2 atom stereocenters. The molecule has 0 bridgehead atoms. The number of thioether (sulfide) groups is 1. The first-order valence-corrected chi connectivity index (χ1v) is 8.12. The Morgan fingerprint density at radius 1 is 1.39 bits per heavy atom. The van der Waals surface area contributed by atoms with Crippen LogP contribution < -0.4 is 0 Å². The summed E-state index contributed by atoms with van der Waals surface area (Å²) in [4.78, 5) is 8.55. The Morgan fingerprint density at radius 3 is 2.94 bits per heavy atom. The molecule has 0 amide bonds. The summed E-state index contributed by atoms with van der Waals surface area (Å²) < 4.78 is 0. The Hall–Kier alpha value is -0.280. The predicted octanol–water partition coefficient (Wildman–Crippen LogP) is 4.75. The van der Waals surface area contributed by atoms with Gasteiger partial charge in [-0.05, 0) is 25.2 Å². The average molecular weight is 285 g/mol. The second-order valence-corrected chi connectivity index (χ2v) is 6.86. The first-order chi connectivity index (χ1) is 8.70. The Bertz CT molecular complexity index is 397. The van der Waals surface area contributed by atoms with E-state index in [0.29, 0.717) is 10.4 Å². The van der Waals surface area contributed by atoms with Gasteiger partial charge in [-0.3, -0.25) is 0 Å². The van der Waals surface area contributed by atoms with E-state index in [0.717, 1.165) is 29.3 Å². The fraction of sp³-hybridized carbons (Fsp3) is 0.714. The molecule has 0 saturated heterocycles. The SMILES string of the molecule is CCCc1c(Cl)ncnc1SC1CCCC(C)C1. The highest BCUT2D eigenvalue weighted by molar-refractivity contribution is 7.99. The standard InChI is InChI=1S/C14H21ClN2S/c1-3-5-12-13(15)16-9-17-14(12)18-11-7-4-6-10(2)8-11/h9-11H,3-8H2,1-2H3. The highest BCUT2D eigenvalue weighted by Crippen LogP contribution is 2.37. The molecule has 100 valence electrons. The van der Waals surface area contributed by atoms with Crippen LogP contribution in [0.3, 0.4) is 0 Å². The molecule has 0 aliphatic heterocycles. The third-order valence-corrected chi connectivity index (χ3v) is 5.18. The monoisotopic (exact) mass is 284 g/mol. The van der Waals surface area contributed by atoms with Crippen LogP contribution in [0, 0.1) is 5.92 Å². The van der Waals surface area contributed by atoms with Crippen molar-refractivity contribution in [1.82, 2.24) is 9.97 Å². The molecule has 18 heavy (non-hydrogen) atoms. The zero-order valence-electron chi connectivity index (χ0n) is 11.2. The number of rotatable bonds is 4. The molecule has 0 radical (unpaired) electrons. The minimum Gasteiger partial charge on any atom is -0.230 e. The van der Waals surface area contributed by atoms with Crippen LogP contribution in [-0.2, 0) is 6.42 Å². The number of nitrogens with zero attached hydrogens (tertiary/aromatic N) is 2. The zero-order valence-corrected chi connectivity index (χ0v) is 12.7. The summed E-state index contributed by atoms with van der Waals surface area (Å²) in [6, 6.07) is 0. The first kappa shape index (κ1) is 14.1. The quantitative estimate of drug-likeness (QED) is 0.746. The van der Waals surface area contributed by atoms with E-state index in [2.05, 4.69) is 23.8 Å². The zero-order chi connectivity index (χ0) is 13.0. The van der Waals surface area contributed by atoms with Crippen LogP contribution in [0.25, 0.3) is 0 Å². The molecule has 0 spiro atoms. The molecule has 1 aromatic rings. The van der Waals surface area contributed by atoms with Gasteiger partial charge in [0.25, 0.3) is 0 Å². The van der Waals surface area contributed by atoms with E-state index in [1.165, 1.54) is 25.7 Å². The fourth-order valence-electron chi connectivity index (χ4n) is 2.58. The lowest BCUT2D eigenvalue weighted by atomic mass is 9.91. The fourth-order valence-corrected chi connectivity index (χ4v) is 4.34. The summed E-state index contributed by atoms with van der Waals surface area (Å²) >= 11 is 8.10. The number of aromatic nitrogens is 2. The van der Waals surface area contributed by atoms with Gasteiger partial charge in [0.1, 0.15) is 16.5 Å². The second kappa shape index (κ2) is 6.76. The summed E-state index contributed by atoms with van der Waals surface area (Å²) in [5, 5.41) is 2.45. The maximum atomic E-state index is 6.19. The molecule has 1 fully saturated rings. The van der Waals surface area contributed by atoms with Crippen LogP contribution in [-0.4, -0.2) is 15.2 Å². The number of halogens is 1. The molecule has 4 heteroatoms. The van der Waals surface area contributed by atoms with Gasteiger partial charge in [-0.15, -0.1) is 11.8 Å². The Labute approximate surface area is 119 Å². The van der Waals surface area contributed by atoms with Crippen molar-refractivity contribution in [1.29, 1.82) is 0 Å². The van der Waals surface area contributed by atoms with Crippen molar-refractivity contribution in [3.63, 3.8) is 0 Å². The molecule has 1 aromatic heterocycles. The van der Waals surface area contributed by atoms with Crippen LogP contribution in [0.1, 0.15) is 51.5 Å². The van der Waals surface area contributed by atoms with E-state index in [1.807, 2.05) is 11.8 Å². The van der Waals surface area contributed by atoms with Crippen molar-refractivity contribution in [2.24, 2.45) is 5.92 Å². The molecular formula is C14H21ClN2S. The summed E-state index contributed by atoms with van der Waals surface area (Å²) in [5.74, 6) is 0.850. The van der Waals surface area contributed by atoms with Gasteiger partial charge >= 0.3 is 0 Å². The van der Waals surface area contributed by atoms with Crippen LogP contribution in [0.2, 0.25) is 5.15 Å². The normalized spacial score (nSPS) is 24.2. The molecule has 1 aliphatic carbocycles. The molecule has 2 nitrogen and oxygen atoms in total. The number of hydrogen-bond acceptors (Lipinski definition) is 3. The van der Waals surface area contributed by atoms with Crippen molar-refractivity contribution in [2.45, 2.75) is 62.6 Å². The van der Waals surface area contributed by atoms with Gasteiger partial charge in [-0.2, -0.15) is 0 Å². The van der Waals surface area contributed by atoms with Gasteiger partial charge in [-0.1, -0.05) is 44.7 Å². The van der Waals surface area contributed by atoms with Crippen molar-refractivity contribution in [3.05, 3.63) is 17.0 Å². The Morgan fingerprint density at radius 2 is 2.22 bits per heavy atom. The second-order valence-electron chi connectivity index (χ2n) is 5.21. The predicted molar refractivity (Wildman–Crippen MR) is 78.3 cm³/mol. The van der Waals surface area contributed by atoms with Gasteiger partial charge < -0.3 is 0 Å². The number of hydrogen-bond donors (Lipinski definition) is 0. The average Bonchev–Trinajstić information content (AvgIpc) is 2.34. The third-order valence-electron chi connectivity index (χ3n) is 3.52. The first-order valence-electron chi connectivity index (χ1n) is 6.86. The van der Waals surface area contributed by atoms with Gasteiger partial charge in [0.15, 0.2) is 0 Å². The third kappa shape index (κ3) is 3.61. The minimum absolute atomic E-state index is 0.637. The van der Waals surface area contributed by atoms with Crippen LogP contribution in [0.5, 0.6) is 0 Å². The smallest absolute Gasteiger partial charge is 0.136 e. The molecule has 1 saturated carbocycles. The van der Waals surface area contributed by atoms with E-state index in [1.54, 1.807) is 6.33 Å². The largest absolute Gasteiger partial charge is 0.230 e. The lowest BCUT2D eigenvalue weighted by Gasteiger charge is -2.26. The van der Waals surface area contributed by atoms with Crippen molar-refractivity contribution in [2.75, 3.05) is 0 Å². The highest BCUT2D eigenvalue weighted by atomic mass is 35.5. The van der Waals surface area contributed by atoms with E-state index in [9.17, 15) is 0 Å². The van der Waals surface area contributed by atoms with E-state index in [4.69, 9.17) is 11.6 Å². The summed E-state index contributed by atoms with van der Waals surface area (Å²) in [6.07, 6.45) is 8.99. The van der Waals surface area contributed by atoms with Crippen LogP contribution in [0.15, 0.2) is 11.4 Å². The summed E-state index contributed by atoms with van der Waals surface area (Å²) in [5.41, 5.74) is 1.14. The van der Waals surface area contributed by atoms with Crippen LogP contribution in [0.4, 0.5) is 0 Å². The van der Waals surface area contributed by atoms with E-state index in [-0.39, 0.29) is 0 Å². The molecule has 1 heterocycles. The molecule has 2 rings (SSSR count). The lowest BCUT2D eigenvalue weighted by molar-refractivity contribution is 0.394. The lowest BCUT2D eigenvalue weighted by Crippen LogP contribution is -2.15. The minimum atomic E-state index is 0.637. The molecule has 1 aliphatic rings. The van der Waals surface area contributed by atoms with Crippen molar-refractivity contribution < 1.29 is 0 Å². The van der Waals surface area contributed by atoms with Gasteiger partial charge in [-0.25, -0.2) is 9.97 Å². The Kier molecular flexibility index (Phi) is 5.31. The summed E-state index contributed by atoms with van der Waals surface area (Å²) in [7, 11) is 0. The molecule has 2 unspecified atom stereocenters.